The van der Waals surface area contributed by atoms with Crippen LogP contribution in [0.3, 0.4) is 0 Å². The molecule has 2 aromatic rings. The number of rotatable bonds is 2. The van der Waals surface area contributed by atoms with E-state index >= 15 is 0 Å². The highest BCUT2D eigenvalue weighted by atomic mass is 32.2. The topological polar surface area (TPSA) is 65.0 Å². The Hall–Kier alpha value is -1.46. The van der Waals surface area contributed by atoms with Gasteiger partial charge in [0.25, 0.3) is 0 Å². The van der Waals surface area contributed by atoms with Crippen LogP contribution >= 0.6 is 0 Å². The van der Waals surface area contributed by atoms with Gasteiger partial charge in [-0.2, -0.15) is 0 Å². The summed E-state index contributed by atoms with van der Waals surface area (Å²) in [5, 5.41) is 0.906. The second-order valence-corrected chi connectivity index (χ2v) is 3.43. The lowest BCUT2D eigenvalue weighted by molar-refractivity contribution is 0.542. The Morgan fingerprint density at radius 2 is 2.14 bits per heavy atom. The Kier molecular flexibility index (Phi) is 2.43. The first kappa shape index (κ1) is 9.11. The summed E-state index contributed by atoms with van der Waals surface area (Å²) in [6.45, 7) is 0. The van der Waals surface area contributed by atoms with Crippen molar-refractivity contribution in [3.8, 4) is 0 Å². The van der Waals surface area contributed by atoms with E-state index < -0.39 is 11.3 Å². The summed E-state index contributed by atoms with van der Waals surface area (Å²) < 4.78 is 23.0. The number of anilines is 1. The van der Waals surface area contributed by atoms with Gasteiger partial charge in [-0.05, 0) is 12.1 Å². The van der Waals surface area contributed by atoms with E-state index in [0.29, 0.717) is 5.69 Å². The molecule has 72 valence electrons. The molecular weight excluding hydrogens is 200 g/mol. The fourth-order valence-corrected chi connectivity index (χ4v) is 1.53. The first-order valence-corrected chi connectivity index (χ1v) is 5.04. The van der Waals surface area contributed by atoms with E-state index in [0.717, 1.165) is 10.9 Å². The lowest BCUT2D eigenvalue weighted by atomic mass is 10.2. The molecule has 0 radical (unpaired) electrons. The Morgan fingerprint density at radius 3 is 2.93 bits per heavy atom. The maximum absolute atomic E-state index is 10.4. The van der Waals surface area contributed by atoms with Gasteiger partial charge in [-0.25, -0.2) is 0 Å². The highest BCUT2D eigenvalue weighted by Gasteiger charge is 1.95. The number of pyridine rings is 1. The number of benzene rings is 1. The van der Waals surface area contributed by atoms with Crippen molar-refractivity contribution in [2.75, 3.05) is 4.72 Å². The zero-order chi connectivity index (χ0) is 9.97. The zero-order valence-corrected chi connectivity index (χ0v) is 7.95. The van der Waals surface area contributed by atoms with Gasteiger partial charge in [0.05, 0.1) is 17.4 Å². The summed E-state index contributed by atoms with van der Waals surface area (Å²) in [6, 6.07) is 9.24. The molecule has 0 aliphatic heterocycles. The molecule has 0 bridgehead atoms. The first-order valence-electron chi connectivity index (χ1n) is 3.96. The lowest BCUT2D eigenvalue weighted by Crippen LogP contribution is -2.02. The summed E-state index contributed by atoms with van der Waals surface area (Å²) >= 11 is -2.30. The van der Waals surface area contributed by atoms with Crippen LogP contribution in [0.1, 0.15) is 0 Å². The van der Waals surface area contributed by atoms with Crippen molar-refractivity contribution in [3.63, 3.8) is 0 Å². The zero-order valence-electron chi connectivity index (χ0n) is 7.14. The van der Waals surface area contributed by atoms with Crippen molar-refractivity contribution < 1.29 is 8.76 Å². The molecule has 2 rings (SSSR count). The molecule has 1 atom stereocenters. The maximum Gasteiger partial charge on any atom is 0.0703 e. The van der Waals surface area contributed by atoms with Crippen molar-refractivity contribution in [2.24, 2.45) is 0 Å². The molecule has 0 amide bonds. The van der Waals surface area contributed by atoms with Crippen LogP contribution in [0.2, 0.25) is 0 Å². The third-order valence-corrected chi connectivity index (χ3v) is 2.19. The Labute approximate surface area is 83.4 Å². The molecule has 0 saturated heterocycles. The molecule has 5 heteroatoms. The van der Waals surface area contributed by atoms with Crippen molar-refractivity contribution in [1.82, 2.24) is 4.98 Å². The van der Waals surface area contributed by atoms with Gasteiger partial charge in [0.1, 0.15) is 0 Å². The van der Waals surface area contributed by atoms with Gasteiger partial charge in [0.2, 0.25) is 0 Å². The summed E-state index contributed by atoms with van der Waals surface area (Å²) in [5.41, 5.74) is 1.31. The van der Waals surface area contributed by atoms with Gasteiger partial charge in [-0.15, -0.1) is 0 Å². The van der Waals surface area contributed by atoms with Crippen LogP contribution in [0.5, 0.6) is 0 Å². The minimum atomic E-state index is -2.30. The molecule has 0 aliphatic rings. The van der Waals surface area contributed by atoms with Gasteiger partial charge >= 0.3 is 0 Å². The minimum Gasteiger partial charge on any atom is -0.755 e. The molecule has 1 N–H and O–H groups in total. The molecule has 1 aromatic heterocycles. The molecule has 0 saturated carbocycles. The van der Waals surface area contributed by atoms with Gasteiger partial charge < -0.3 is 9.27 Å². The van der Waals surface area contributed by atoms with Crippen molar-refractivity contribution in [3.05, 3.63) is 36.5 Å². The number of nitrogens with one attached hydrogen (secondary N) is 1. The molecular formula is C9H7N2O2S-. The summed E-state index contributed by atoms with van der Waals surface area (Å²) in [6.07, 6.45) is 1.48. The second kappa shape index (κ2) is 3.73. The molecule has 1 aromatic carbocycles. The average molecular weight is 207 g/mol. The highest BCUT2D eigenvalue weighted by Crippen LogP contribution is 2.15. The molecule has 1 unspecified atom stereocenters. The number of aromatic nitrogens is 1. The second-order valence-electron chi connectivity index (χ2n) is 2.75. The van der Waals surface area contributed by atoms with Crippen LogP contribution in [0.15, 0.2) is 36.5 Å². The number of nitrogens with zero attached hydrogens (tertiary/aromatic N) is 1. The fourth-order valence-electron chi connectivity index (χ4n) is 1.22. The SMILES string of the molecule is O=S([O-])Nc1cnc2ccccc2c1. The van der Waals surface area contributed by atoms with Gasteiger partial charge in [-0.1, -0.05) is 18.2 Å². The molecule has 0 fully saturated rings. The molecule has 4 nitrogen and oxygen atoms in total. The van der Waals surface area contributed by atoms with Crippen LogP contribution in [-0.4, -0.2) is 13.7 Å². The Balaban J connectivity index is 2.46. The van der Waals surface area contributed by atoms with Crippen molar-refractivity contribution in [1.29, 1.82) is 0 Å². The monoisotopic (exact) mass is 207 g/mol. The van der Waals surface area contributed by atoms with E-state index in [4.69, 9.17) is 0 Å². The van der Waals surface area contributed by atoms with Crippen LogP contribution in [-0.2, 0) is 11.3 Å². The normalized spacial score (nSPS) is 12.6. The van der Waals surface area contributed by atoms with Gasteiger partial charge in [-0.3, -0.25) is 9.19 Å². The maximum atomic E-state index is 10.4. The predicted octanol–water partition coefficient (Wildman–Crippen LogP) is 1.44. The summed E-state index contributed by atoms with van der Waals surface area (Å²) in [7, 11) is 0. The smallest absolute Gasteiger partial charge is 0.0703 e. The highest BCUT2D eigenvalue weighted by molar-refractivity contribution is 7.80. The van der Waals surface area contributed by atoms with Crippen LogP contribution in [0.4, 0.5) is 5.69 Å². The van der Waals surface area contributed by atoms with E-state index in [2.05, 4.69) is 9.71 Å². The van der Waals surface area contributed by atoms with Crippen LogP contribution in [0.25, 0.3) is 10.9 Å². The van der Waals surface area contributed by atoms with E-state index in [1.54, 1.807) is 6.07 Å². The van der Waals surface area contributed by atoms with Crippen LogP contribution < -0.4 is 4.72 Å². The Morgan fingerprint density at radius 1 is 1.36 bits per heavy atom. The van der Waals surface area contributed by atoms with E-state index in [9.17, 15) is 8.76 Å². The summed E-state index contributed by atoms with van der Waals surface area (Å²) in [4.78, 5) is 4.10. The van der Waals surface area contributed by atoms with Crippen LogP contribution in [0, 0.1) is 0 Å². The fraction of sp³-hybridized carbons (Fsp3) is 0. The molecule has 0 spiro atoms. The molecule has 0 aliphatic carbocycles. The van der Waals surface area contributed by atoms with E-state index in [-0.39, 0.29) is 0 Å². The average Bonchev–Trinajstić information content (AvgIpc) is 2.17. The third-order valence-electron chi connectivity index (χ3n) is 1.79. The summed E-state index contributed by atoms with van der Waals surface area (Å²) in [5.74, 6) is 0. The van der Waals surface area contributed by atoms with Crippen molar-refractivity contribution >= 4 is 27.9 Å². The first-order chi connectivity index (χ1) is 6.75. The Bertz CT molecular complexity index is 487. The van der Waals surface area contributed by atoms with E-state index in [1.165, 1.54) is 6.20 Å². The third kappa shape index (κ3) is 1.89. The van der Waals surface area contributed by atoms with E-state index in [1.807, 2.05) is 24.3 Å². The number of hydrogen-bond acceptors (Lipinski definition) is 3. The standard InChI is InChI=1S/C9H8N2O2S/c12-14(13)11-8-5-7-3-1-2-4-9(7)10-6-8/h1-6,11H,(H,12,13)/p-1. The molecule has 14 heavy (non-hydrogen) atoms. The van der Waals surface area contributed by atoms with Crippen molar-refractivity contribution in [2.45, 2.75) is 0 Å². The molecule has 1 heterocycles. The lowest BCUT2D eigenvalue weighted by Gasteiger charge is -2.08. The number of hydrogen-bond donors (Lipinski definition) is 1. The van der Waals surface area contributed by atoms with Gasteiger partial charge in [0, 0.05) is 16.7 Å². The predicted molar refractivity (Wildman–Crippen MR) is 54.3 cm³/mol. The quantitative estimate of drug-likeness (QED) is 0.758. The van der Waals surface area contributed by atoms with Gasteiger partial charge in [0.15, 0.2) is 0 Å². The minimum absolute atomic E-state index is 0.469. The largest absolute Gasteiger partial charge is 0.755 e. The number of para-hydroxylation sites is 1. The number of fused-ring (bicyclic) bond motifs is 1.